The summed E-state index contributed by atoms with van der Waals surface area (Å²) < 4.78 is 30.5. The third-order valence-electron chi connectivity index (χ3n) is 6.23. The first-order valence-corrected chi connectivity index (χ1v) is 14.7. The first kappa shape index (κ1) is 30.9. The van der Waals surface area contributed by atoms with E-state index in [-0.39, 0.29) is 30.5 Å². The van der Waals surface area contributed by atoms with Crippen LogP contribution in [0.5, 0.6) is 23.0 Å². The molecule has 3 aromatic rings. The minimum Gasteiger partial charge on any atom is -0.493 e. The number of terminal acetylenes is 1. The Labute approximate surface area is 256 Å². The Morgan fingerprint density at radius 3 is 2.57 bits per heavy atom. The Bertz CT molecular complexity index is 1760. The maximum absolute atomic E-state index is 14.0. The lowest BCUT2D eigenvalue weighted by molar-refractivity contribution is -0.139. The van der Waals surface area contributed by atoms with Crippen LogP contribution in [0.1, 0.15) is 44.9 Å². The van der Waals surface area contributed by atoms with Gasteiger partial charge in [0.1, 0.15) is 6.61 Å². The Kier molecular flexibility index (Phi) is 9.81. The molecule has 2 aromatic carbocycles. The van der Waals surface area contributed by atoms with Gasteiger partial charge < -0.3 is 23.7 Å². The largest absolute Gasteiger partial charge is 0.493 e. The number of ether oxygens (including phenoxy) is 5. The quantitative estimate of drug-likeness (QED) is 0.236. The molecule has 0 fully saturated rings. The van der Waals surface area contributed by atoms with Gasteiger partial charge in [0.05, 0.1) is 53.2 Å². The lowest BCUT2D eigenvalue weighted by Gasteiger charge is -2.25. The normalized spacial score (nSPS) is 14.6. The van der Waals surface area contributed by atoms with Crippen LogP contribution >= 0.6 is 27.3 Å². The highest BCUT2D eigenvalue weighted by Gasteiger charge is 2.34. The molecule has 1 atom stereocenters. The van der Waals surface area contributed by atoms with Crippen LogP contribution < -0.4 is 33.8 Å². The molecule has 0 bridgehead atoms. The predicted octanol–water partition coefficient (Wildman–Crippen LogP) is 4.38. The van der Waals surface area contributed by atoms with Crippen LogP contribution in [0.2, 0.25) is 0 Å². The number of benzene rings is 2. The van der Waals surface area contributed by atoms with Gasteiger partial charge in [0.25, 0.3) is 5.56 Å². The highest BCUT2D eigenvalue weighted by atomic mass is 79.9. The number of allylic oxidation sites excluding steroid dienone is 1. The molecule has 0 spiro atoms. The van der Waals surface area contributed by atoms with E-state index in [4.69, 9.17) is 30.1 Å². The Hall–Kier alpha value is -4.01. The average molecular weight is 656 g/mol. The minimum absolute atomic E-state index is 0.0729. The fourth-order valence-corrected chi connectivity index (χ4v) is 6.16. The fourth-order valence-electron chi connectivity index (χ4n) is 4.54. The predicted molar refractivity (Wildman–Crippen MR) is 164 cm³/mol. The molecule has 1 aromatic heterocycles. The summed E-state index contributed by atoms with van der Waals surface area (Å²) in [5, 5.41) is 0. The number of thiazole rings is 1. The number of esters is 1. The van der Waals surface area contributed by atoms with E-state index in [9.17, 15) is 9.59 Å². The maximum atomic E-state index is 14.0. The van der Waals surface area contributed by atoms with Crippen LogP contribution in [0.15, 0.2) is 55.9 Å². The third kappa shape index (κ3) is 6.25. The second-order valence-corrected chi connectivity index (χ2v) is 11.3. The smallest absolute Gasteiger partial charge is 0.338 e. The van der Waals surface area contributed by atoms with Crippen LogP contribution in [0, 0.1) is 12.3 Å². The summed E-state index contributed by atoms with van der Waals surface area (Å²) >= 11 is 4.72. The minimum atomic E-state index is -0.801. The summed E-state index contributed by atoms with van der Waals surface area (Å²) in [6.45, 7) is 7.55. The summed E-state index contributed by atoms with van der Waals surface area (Å²) in [5.74, 6) is 3.83. The first-order valence-electron chi connectivity index (χ1n) is 13.1. The Balaban J connectivity index is 1.92. The molecule has 0 aliphatic carbocycles. The van der Waals surface area contributed by atoms with E-state index in [0.717, 1.165) is 0 Å². The van der Waals surface area contributed by atoms with Crippen LogP contribution in [-0.4, -0.2) is 44.1 Å². The zero-order chi connectivity index (χ0) is 30.6. The number of carbonyl (C=O) groups is 1. The van der Waals surface area contributed by atoms with Crippen molar-refractivity contribution in [2.75, 3.05) is 27.4 Å². The second-order valence-electron chi connectivity index (χ2n) is 9.41. The fraction of sp³-hybridized carbons (Fsp3) is 0.323. The average Bonchev–Trinajstić information content (AvgIpc) is 3.25. The number of fused-ring (bicyclic) bond motifs is 1. The van der Waals surface area contributed by atoms with E-state index in [0.29, 0.717) is 53.6 Å². The van der Waals surface area contributed by atoms with Gasteiger partial charge in [0.15, 0.2) is 27.8 Å². The molecule has 1 aliphatic rings. The van der Waals surface area contributed by atoms with Crippen molar-refractivity contribution < 1.29 is 28.5 Å². The SMILES string of the molecule is C#CCOc1c(Br)cc(/C=c2\sc3n(c2=O)[C@@H](c2ccc(OC(C)C)c(OC)c2)C(C(=O)OCC)=C(C)N=3)cc1OC. The van der Waals surface area contributed by atoms with Gasteiger partial charge in [0.2, 0.25) is 0 Å². The van der Waals surface area contributed by atoms with E-state index in [1.165, 1.54) is 23.0 Å². The lowest BCUT2D eigenvalue weighted by Crippen LogP contribution is -2.40. The number of halogens is 1. The molecule has 0 amide bonds. The zero-order valence-corrected chi connectivity index (χ0v) is 26.6. The molecular formula is C31H31BrN2O7S. The zero-order valence-electron chi connectivity index (χ0n) is 24.1. The Morgan fingerprint density at radius 2 is 1.93 bits per heavy atom. The van der Waals surface area contributed by atoms with Crippen molar-refractivity contribution in [1.82, 2.24) is 4.57 Å². The van der Waals surface area contributed by atoms with Gasteiger partial charge in [-0.2, -0.15) is 0 Å². The number of methoxy groups -OCH3 is 2. The highest BCUT2D eigenvalue weighted by molar-refractivity contribution is 9.10. The van der Waals surface area contributed by atoms with Crippen molar-refractivity contribution in [1.29, 1.82) is 0 Å². The molecule has 0 N–H and O–H groups in total. The highest BCUT2D eigenvalue weighted by Crippen LogP contribution is 2.38. The molecular weight excluding hydrogens is 624 g/mol. The summed E-state index contributed by atoms with van der Waals surface area (Å²) in [6.07, 6.45) is 7.00. The van der Waals surface area contributed by atoms with Gasteiger partial charge in [-0.05, 0) is 85.1 Å². The number of hydrogen-bond acceptors (Lipinski definition) is 9. The molecule has 1 aliphatic heterocycles. The van der Waals surface area contributed by atoms with Gasteiger partial charge in [-0.1, -0.05) is 23.3 Å². The van der Waals surface area contributed by atoms with E-state index < -0.39 is 12.0 Å². The standard InChI is InChI=1S/C31H31BrN2O7S/c1-8-12-40-28-21(32)13-19(14-24(28)38-7)15-25-29(35)34-27(20-10-11-22(41-17(3)4)23(16-20)37-6)26(30(36)39-9-2)18(5)33-31(34)42-25/h1,10-11,13-17,27H,9,12H2,2-7H3/b25-15-/t27-/m0/s1. The van der Waals surface area contributed by atoms with E-state index in [1.807, 2.05) is 19.9 Å². The van der Waals surface area contributed by atoms with Gasteiger partial charge in [-0.25, -0.2) is 9.79 Å². The van der Waals surface area contributed by atoms with E-state index in [2.05, 4.69) is 26.8 Å². The van der Waals surface area contributed by atoms with Crippen molar-refractivity contribution in [3.8, 4) is 35.3 Å². The summed E-state index contributed by atoms with van der Waals surface area (Å²) in [7, 11) is 3.06. The first-order chi connectivity index (χ1) is 20.1. The van der Waals surface area contributed by atoms with Crippen LogP contribution in [0.25, 0.3) is 6.08 Å². The van der Waals surface area contributed by atoms with Crippen molar-refractivity contribution in [2.45, 2.75) is 39.8 Å². The third-order valence-corrected chi connectivity index (χ3v) is 7.80. The molecule has 11 heteroatoms. The van der Waals surface area contributed by atoms with E-state index in [1.54, 1.807) is 51.3 Å². The number of nitrogens with zero attached hydrogens (tertiary/aromatic N) is 2. The molecule has 9 nitrogen and oxygen atoms in total. The summed E-state index contributed by atoms with van der Waals surface area (Å²) in [4.78, 5) is 32.3. The molecule has 2 heterocycles. The van der Waals surface area contributed by atoms with E-state index >= 15 is 0 Å². The topological polar surface area (TPSA) is 97.6 Å². The van der Waals surface area contributed by atoms with Gasteiger partial charge in [-0.15, -0.1) is 6.42 Å². The van der Waals surface area contributed by atoms with Crippen LogP contribution in [-0.2, 0) is 9.53 Å². The molecule has 4 rings (SSSR count). The number of hydrogen-bond donors (Lipinski definition) is 0. The van der Waals surface area contributed by atoms with Crippen molar-refractivity contribution in [2.24, 2.45) is 4.99 Å². The number of aromatic nitrogens is 1. The lowest BCUT2D eigenvalue weighted by atomic mass is 9.95. The monoisotopic (exact) mass is 654 g/mol. The molecule has 42 heavy (non-hydrogen) atoms. The van der Waals surface area contributed by atoms with Crippen molar-refractivity contribution in [3.05, 3.63) is 76.9 Å². The van der Waals surface area contributed by atoms with Crippen LogP contribution in [0.3, 0.4) is 0 Å². The summed E-state index contributed by atoms with van der Waals surface area (Å²) in [6, 6.07) is 8.11. The maximum Gasteiger partial charge on any atom is 0.338 e. The van der Waals surface area contributed by atoms with Crippen molar-refractivity contribution in [3.63, 3.8) is 0 Å². The van der Waals surface area contributed by atoms with Gasteiger partial charge in [0, 0.05) is 0 Å². The summed E-state index contributed by atoms with van der Waals surface area (Å²) in [5.41, 5.74) is 1.75. The molecule has 0 saturated carbocycles. The number of rotatable bonds is 10. The second kappa shape index (κ2) is 13.3. The molecule has 0 unspecified atom stereocenters. The van der Waals surface area contributed by atoms with Crippen LogP contribution in [0.4, 0.5) is 0 Å². The van der Waals surface area contributed by atoms with Gasteiger partial charge in [-0.3, -0.25) is 9.36 Å². The molecule has 0 saturated heterocycles. The Morgan fingerprint density at radius 1 is 1.19 bits per heavy atom. The number of carbonyl (C=O) groups excluding carboxylic acids is 1. The molecule has 0 radical (unpaired) electrons. The molecule has 220 valence electrons. The van der Waals surface area contributed by atoms with Crippen molar-refractivity contribution >= 4 is 39.3 Å². The van der Waals surface area contributed by atoms with Gasteiger partial charge >= 0.3 is 5.97 Å².